The molecule has 2 unspecified atom stereocenters. The second kappa shape index (κ2) is 8.77. The van der Waals surface area contributed by atoms with E-state index in [1.54, 1.807) is 9.21 Å². The van der Waals surface area contributed by atoms with E-state index in [-0.39, 0.29) is 30.3 Å². The summed E-state index contributed by atoms with van der Waals surface area (Å²) in [5, 5.41) is 0. The lowest BCUT2D eigenvalue weighted by Gasteiger charge is -2.39. The summed E-state index contributed by atoms with van der Waals surface area (Å²) in [7, 11) is -1.42. The average molecular weight is 384 g/mol. The minimum Gasteiger partial charge on any atom is -0.340 e. The van der Waals surface area contributed by atoms with Crippen molar-refractivity contribution in [2.75, 3.05) is 59.4 Å². The van der Waals surface area contributed by atoms with Gasteiger partial charge in [0.1, 0.15) is 0 Å². The maximum atomic E-state index is 12.7. The summed E-state index contributed by atoms with van der Waals surface area (Å²) in [6, 6.07) is -0.199. The third kappa shape index (κ3) is 4.80. The van der Waals surface area contributed by atoms with Crippen LogP contribution in [-0.2, 0) is 15.0 Å². The summed E-state index contributed by atoms with van der Waals surface area (Å²) < 4.78 is 28.4. The van der Waals surface area contributed by atoms with Gasteiger partial charge in [0.05, 0.1) is 5.92 Å². The van der Waals surface area contributed by atoms with E-state index < -0.39 is 10.2 Å². The third-order valence-corrected chi connectivity index (χ3v) is 6.88. The molecule has 0 saturated carbocycles. The van der Waals surface area contributed by atoms with Gasteiger partial charge in [-0.25, -0.2) is 0 Å². The molecule has 142 valence electrons. The highest BCUT2D eigenvalue weighted by molar-refractivity contribution is 7.86. The van der Waals surface area contributed by atoms with Gasteiger partial charge in [0, 0.05) is 58.4 Å². The lowest BCUT2D eigenvalue weighted by molar-refractivity contribution is -0.136. The van der Waals surface area contributed by atoms with Crippen LogP contribution < -0.4 is 5.73 Å². The molecule has 0 aromatic rings. The van der Waals surface area contributed by atoms with E-state index in [1.807, 2.05) is 20.9 Å². The van der Waals surface area contributed by atoms with Crippen LogP contribution in [0.15, 0.2) is 0 Å². The Kier molecular flexibility index (Phi) is 7.89. The van der Waals surface area contributed by atoms with Crippen LogP contribution in [0.4, 0.5) is 0 Å². The van der Waals surface area contributed by atoms with Gasteiger partial charge in [-0.05, 0) is 14.0 Å². The summed E-state index contributed by atoms with van der Waals surface area (Å²) in [5.74, 6) is -0.229. The molecule has 0 aromatic carbocycles. The van der Waals surface area contributed by atoms with Crippen molar-refractivity contribution in [3.8, 4) is 0 Å². The highest BCUT2D eigenvalue weighted by atomic mass is 35.5. The van der Waals surface area contributed by atoms with Crippen molar-refractivity contribution in [3.63, 3.8) is 0 Å². The van der Waals surface area contributed by atoms with Gasteiger partial charge in [-0.3, -0.25) is 4.79 Å². The minimum atomic E-state index is -3.42. The molecule has 10 heteroatoms. The highest BCUT2D eigenvalue weighted by Crippen LogP contribution is 2.16. The molecule has 1 amide bonds. The first kappa shape index (κ1) is 21.6. The standard InChI is InChI=1S/C14H29N5O3S.ClH/c1-12(13(2)15)14(20)17-6-10-19(11-7-17)23(21,22)18-8-4-16(3)5-9-18;/h12-13H,4-11,15H2,1-3H3;1H. The molecule has 0 aliphatic carbocycles. The zero-order valence-electron chi connectivity index (χ0n) is 14.7. The Bertz CT molecular complexity index is 515. The molecule has 2 atom stereocenters. The summed E-state index contributed by atoms with van der Waals surface area (Å²) in [6.07, 6.45) is 0. The quantitative estimate of drug-likeness (QED) is 0.674. The molecule has 0 spiro atoms. The van der Waals surface area contributed by atoms with Gasteiger partial charge in [-0.2, -0.15) is 17.0 Å². The Hall–Kier alpha value is -0.450. The monoisotopic (exact) mass is 383 g/mol. The van der Waals surface area contributed by atoms with Crippen molar-refractivity contribution < 1.29 is 13.2 Å². The molecule has 24 heavy (non-hydrogen) atoms. The molecule has 2 aliphatic heterocycles. The van der Waals surface area contributed by atoms with Crippen LogP contribution in [0.25, 0.3) is 0 Å². The molecule has 2 aliphatic rings. The van der Waals surface area contributed by atoms with Gasteiger partial charge in [0.2, 0.25) is 5.91 Å². The first-order valence-electron chi connectivity index (χ1n) is 8.21. The fourth-order valence-corrected chi connectivity index (χ4v) is 4.41. The fourth-order valence-electron chi connectivity index (χ4n) is 2.83. The molecule has 2 rings (SSSR count). The topological polar surface area (TPSA) is 90.2 Å². The lowest BCUT2D eigenvalue weighted by atomic mass is 10.0. The number of nitrogens with zero attached hydrogens (tertiary/aromatic N) is 4. The van der Waals surface area contributed by atoms with Crippen molar-refractivity contribution in [1.82, 2.24) is 18.4 Å². The zero-order valence-corrected chi connectivity index (χ0v) is 16.4. The van der Waals surface area contributed by atoms with Crippen molar-refractivity contribution in [2.45, 2.75) is 19.9 Å². The van der Waals surface area contributed by atoms with Gasteiger partial charge in [-0.15, -0.1) is 12.4 Å². The number of piperazine rings is 2. The van der Waals surface area contributed by atoms with E-state index in [9.17, 15) is 13.2 Å². The van der Waals surface area contributed by atoms with Gasteiger partial charge in [0.15, 0.2) is 0 Å². The van der Waals surface area contributed by atoms with Crippen molar-refractivity contribution in [3.05, 3.63) is 0 Å². The van der Waals surface area contributed by atoms with Crippen LogP contribution in [0.1, 0.15) is 13.8 Å². The number of carbonyl (C=O) groups excluding carboxylic acids is 1. The van der Waals surface area contributed by atoms with Crippen LogP contribution in [0.2, 0.25) is 0 Å². The Labute approximate surface area is 151 Å². The molecule has 2 heterocycles. The first-order valence-corrected chi connectivity index (χ1v) is 9.61. The van der Waals surface area contributed by atoms with Crippen molar-refractivity contribution >= 4 is 28.5 Å². The van der Waals surface area contributed by atoms with Crippen molar-refractivity contribution in [1.29, 1.82) is 0 Å². The van der Waals surface area contributed by atoms with E-state index in [2.05, 4.69) is 4.90 Å². The van der Waals surface area contributed by atoms with Crippen LogP contribution in [0, 0.1) is 5.92 Å². The van der Waals surface area contributed by atoms with Gasteiger partial charge >= 0.3 is 0 Å². The Morgan fingerprint density at radius 2 is 1.33 bits per heavy atom. The lowest BCUT2D eigenvalue weighted by Crippen LogP contribution is -2.58. The maximum absolute atomic E-state index is 12.7. The number of hydrogen-bond donors (Lipinski definition) is 1. The average Bonchev–Trinajstić information content (AvgIpc) is 2.54. The molecular weight excluding hydrogens is 354 g/mol. The molecule has 2 saturated heterocycles. The number of halogens is 1. The van der Waals surface area contributed by atoms with Gasteiger partial charge in [-0.1, -0.05) is 6.92 Å². The van der Waals surface area contributed by atoms with Crippen LogP contribution >= 0.6 is 12.4 Å². The SMILES string of the molecule is CC(N)C(C)C(=O)N1CCN(S(=O)(=O)N2CCN(C)CC2)CC1.Cl. The summed E-state index contributed by atoms with van der Waals surface area (Å²) in [5.41, 5.74) is 5.78. The molecule has 0 bridgehead atoms. The van der Waals surface area contributed by atoms with E-state index >= 15 is 0 Å². The number of likely N-dealkylation sites (N-methyl/N-ethyl adjacent to an activating group) is 1. The number of nitrogens with two attached hydrogens (primary N) is 1. The number of amides is 1. The smallest absolute Gasteiger partial charge is 0.282 e. The molecule has 8 nitrogen and oxygen atoms in total. The first-order chi connectivity index (χ1) is 10.7. The number of rotatable bonds is 4. The summed E-state index contributed by atoms with van der Waals surface area (Å²) in [4.78, 5) is 16.1. The van der Waals surface area contributed by atoms with Gasteiger partial charge < -0.3 is 15.5 Å². The van der Waals surface area contributed by atoms with Crippen LogP contribution in [0.3, 0.4) is 0 Å². The van der Waals surface area contributed by atoms with Crippen LogP contribution in [-0.4, -0.2) is 98.2 Å². The summed E-state index contributed by atoms with van der Waals surface area (Å²) in [6.45, 7) is 7.77. The predicted octanol–water partition coefficient (Wildman–Crippen LogP) is -0.972. The fraction of sp³-hybridized carbons (Fsp3) is 0.929. The van der Waals surface area contributed by atoms with Gasteiger partial charge in [0.25, 0.3) is 10.2 Å². The molecule has 2 N–H and O–H groups in total. The zero-order chi connectivity index (χ0) is 17.2. The Balaban J connectivity index is 0.00000288. The van der Waals surface area contributed by atoms with E-state index in [0.29, 0.717) is 39.3 Å². The highest BCUT2D eigenvalue weighted by Gasteiger charge is 2.35. The molecule has 2 fully saturated rings. The maximum Gasteiger partial charge on any atom is 0.282 e. The predicted molar refractivity (Wildman–Crippen MR) is 96.2 cm³/mol. The number of carbonyl (C=O) groups is 1. The summed E-state index contributed by atoms with van der Waals surface area (Å²) >= 11 is 0. The van der Waals surface area contributed by atoms with E-state index in [1.165, 1.54) is 4.31 Å². The Morgan fingerprint density at radius 3 is 1.75 bits per heavy atom. The second-order valence-corrected chi connectivity index (χ2v) is 8.51. The molecular formula is C14H30ClN5O3S. The largest absolute Gasteiger partial charge is 0.340 e. The Morgan fingerprint density at radius 1 is 0.917 bits per heavy atom. The van der Waals surface area contributed by atoms with Crippen molar-refractivity contribution in [2.24, 2.45) is 11.7 Å². The van der Waals surface area contributed by atoms with Crippen LogP contribution in [0.5, 0.6) is 0 Å². The minimum absolute atomic E-state index is 0. The van der Waals surface area contributed by atoms with E-state index in [4.69, 9.17) is 5.73 Å². The third-order valence-electron chi connectivity index (χ3n) is 4.84. The number of hydrogen-bond acceptors (Lipinski definition) is 5. The van der Waals surface area contributed by atoms with E-state index in [0.717, 1.165) is 13.1 Å². The molecule has 0 radical (unpaired) electrons. The molecule has 0 aromatic heterocycles. The normalized spacial score (nSPS) is 24.2. The second-order valence-electron chi connectivity index (χ2n) is 6.58.